The van der Waals surface area contributed by atoms with Crippen molar-refractivity contribution in [2.75, 3.05) is 5.75 Å². The quantitative estimate of drug-likeness (QED) is 0.830. The van der Waals surface area contributed by atoms with Gasteiger partial charge in [-0.05, 0) is 24.3 Å². The van der Waals surface area contributed by atoms with Crippen molar-refractivity contribution in [1.29, 1.82) is 0 Å². The zero-order chi connectivity index (χ0) is 13.9. The molecule has 0 bridgehead atoms. The van der Waals surface area contributed by atoms with Crippen LogP contribution in [0.15, 0.2) is 41.7 Å². The first-order chi connectivity index (χ1) is 9.74. The zero-order valence-electron chi connectivity index (χ0n) is 11.0. The van der Waals surface area contributed by atoms with Crippen LogP contribution in [0.4, 0.5) is 0 Å². The van der Waals surface area contributed by atoms with Crippen LogP contribution in [-0.4, -0.2) is 26.4 Å². The average molecular weight is 288 g/mol. The Bertz CT molecular complexity index is 606. The summed E-state index contributed by atoms with van der Waals surface area (Å²) in [5.74, 6) is -0.0382. The maximum atomic E-state index is 10.7. The summed E-state index contributed by atoms with van der Waals surface area (Å²) >= 11 is 1.29. The number of aliphatic carboxylic acids is 1. The minimum atomic E-state index is -0.808. The van der Waals surface area contributed by atoms with Crippen LogP contribution >= 0.6 is 11.8 Å². The average Bonchev–Trinajstić information content (AvgIpc) is 3.17. The number of imidazole rings is 1. The highest BCUT2D eigenvalue weighted by molar-refractivity contribution is 7.99. The fraction of sp³-hybridized carbons (Fsp3) is 0.333. The smallest absolute Gasteiger partial charge is 0.313 e. The van der Waals surface area contributed by atoms with E-state index in [1.807, 2.05) is 24.4 Å². The molecule has 1 aliphatic carbocycles. The fourth-order valence-corrected chi connectivity index (χ4v) is 2.88. The summed E-state index contributed by atoms with van der Waals surface area (Å²) in [6, 6.07) is 10.1. The van der Waals surface area contributed by atoms with Crippen molar-refractivity contribution in [3.63, 3.8) is 0 Å². The first kappa shape index (κ1) is 13.2. The standard InChI is InChI=1S/C15H16N2O2S/c18-14(19)10-20-15-16-8-13(12-4-2-1-3-5-12)17(15)9-11-6-7-11/h1-5,8,11H,6-7,9-10H2,(H,18,19). The van der Waals surface area contributed by atoms with E-state index in [-0.39, 0.29) is 5.75 Å². The predicted octanol–water partition coefficient (Wildman–Crippen LogP) is 3.14. The number of aromatic nitrogens is 2. The van der Waals surface area contributed by atoms with Crippen LogP contribution in [0.2, 0.25) is 0 Å². The molecule has 3 rings (SSSR count). The summed E-state index contributed by atoms with van der Waals surface area (Å²) in [5.41, 5.74) is 2.20. The van der Waals surface area contributed by atoms with E-state index in [0.717, 1.165) is 28.9 Å². The van der Waals surface area contributed by atoms with Crippen LogP contribution < -0.4 is 0 Å². The van der Waals surface area contributed by atoms with Gasteiger partial charge in [0.05, 0.1) is 17.6 Å². The van der Waals surface area contributed by atoms with E-state index in [1.165, 1.54) is 24.6 Å². The van der Waals surface area contributed by atoms with Gasteiger partial charge in [0.2, 0.25) is 0 Å². The number of rotatable bonds is 6. The molecule has 1 aromatic carbocycles. The first-order valence-electron chi connectivity index (χ1n) is 6.69. The molecule has 0 saturated heterocycles. The van der Waals surface area contributed by atoms with Crippen LogP contribution in [0, 0.1) is 5.92 Å². The van der Waals surface area contributed by atoms with Crippen LogP contribution in [0.5, 0.6) is 0 Å². The van der Waals surface area contributed by atoms with Gasteiger partial charge >= 0.3 is 5.97 Å². The lowest BCUT2D eigenvalue weighted by Gasteiger charge is -2.10. The Kier molecular flexibility index (Phi) is 3.78. The number of carboxylic acid groups (broad SMARTS) is 1. The first-order valence-corrected chi connectivity index (χ1v) is 7.68. The second-order valence-corrected chi connectivity index (χ2v) is 5.97. The topological polar surface area (TPSA) is 55.1 Å². The van der Waals surface area contributed by atoms with Crippen LogP contribution in [0.25, 0.3) is 11.3 Å². The van der Waals surface area contributed by atoms with Crippen molar-refractivity contribution in [3.8, 4) is 11.3 Å². The van der Waals surface area contributed by atoms with Crippen LogP contribution in [-0.2, 0) is 11.3 Å². The number of benzene rings is 1. The normalized spacial score (nSPS) is 14.4. The molecule has 0 spiro atoms. The molecule has 0 amide bonds. The van der Waals surface area contributed by atoms with Gasteiger partial charge in [-0.15, -0.1) is 0 Å². The van der Waals surface area contributed by atoms with Crippen molar-refractivity contribution in [2.45, 2.75) is 24.5 Å². The molecule has 0 radical (unpaired) electrons. The largest absolute Gasteiger partial charge is 0.481 e. The molecule has 1 fully saturated rings. The SMILES string of the molecule is O=C(O)CSc1ncc(-c2ccccc2)n1CC1CC1. The second kappa shape index (κ2) is 5.71. The molecule has 0 aliphatic heterocycles. The number of carbonyl (C=O) groups is 1. The van der Waals surface area contributed by atoms with Crippen molar-refractivity contribution in [2.24, 2.45) is 5.92 Å². The van der Waals surface area contributed by atoms with E-state index in [1.54, 1.807) is 0 Å². The fourth-order valence-electron chi connectivity index (χ4n) is 2.17. The summed E-state index contributed by atoms with van der Waals surface area (Å²) in [5, 5.41) is 9.63. The third-order valence-corrected chi connectivity index (χ3v) is 4.33. The van der Waals surface area contributed by atoms with E-state index in [9.17, 15) is 4.79 Å². The van der Waals surface area contributed by atoms with Crippen molar-refractivity contribution < 1.29 is 9.90 Å². The minimum Gasteiger partial charge on any atom is -0.481 e. The predicted molar refractivity (Wildman–Crippen MR) is 78.7 cm³/mol. The Morgan fingerprint density at radius 1 is 1.35 bits per heavy atom. The highest BCUT2D eigenvalue weighted by Gasteiger charge is 2.25. The lowest BCUT2D eigenvalue weighted by atomic mass is 10.2. The van der Waals surface area contributed by atoms with Gasteiger partial charge in [-0.1, -0.05) is 42.1 Å². The van der Waals surface area contributed by atoms with Gasteiger partial charge < -0.3 is 9.67 Å². The van der Waals surface area contributed by atoms with E-state index < -0.39 is 5.97 Å². The molecule has 0 unspecified atom stereocenters. The van der Waals surface area contributed by atoms with Crippen LogP contribution in [0.3, 0.4) is 0 Å². The molecule has 5 heteroatoms. The van der Waals surface area contributed by atoms with Gasteiger partial charge in [0.25, 0.3) is 0 Å². The summed E-state index contributed by atoms with van der Waals surface area (Å²) in [6.45, 7) is 0.937. The van der Waals surface area contributed by atoms with Crippen molar-refractivity contribution in [3.05, 3.63) is 36.5 Å². The molecular weight excluding hydrogens is 272 g/mol. The molecule has 20 heavy (non-hydrogen) atoms. The number of thioether (sulfide) groups is 1. The monoisotopic (exact) mass is 288 g/mol. The maximum Gasteiger partial charge on any atom is 0.313 e. The van der Waals surface area contributed by atoms with Gasteiger partial charge in [0.1, 0.15) is 0 Å². The Balaban J connectivity index is 1.90. The Hall–Kier alpha value is -1.75. The molecule has 1 N–H and O–H groups in total. The number of hydrogen-bond donors (Lipinski definition) is 1. The van der Waals surface area contributed by atoms with Crippen molar-refractivity contribution in [1.82, 2.24) is 9.55 Å². The van der Waals surface area contributed by atoms with Gasteiger partial charge in [-0.2, -0.15) is 0 Å². The minimum absolute atomic E-state index is 0.0515. The molecule has 2 aromatic rings. The summed E-state index contributed by atoms with van der Waals surface area (Å²) in [4.78, 5) is 15.1. The van der Waals surface area contributed by atoms with Crippen molar-refractivity contribution >= 4 is 17.7 Å². The highest BCUT2D eigenvalue weighted by atomic mass is 32.2. The Labute approximate surface area is 121 Å². The lowest BCUT2D eigenvalue weighted by Crippen LogP contribution is -2.06. The van der Waals surface area contributed by atoms with Gasteiger partial charge in [-0.25, -0.2) is 4.98 Å². The molecule has 104 valence electrons. The molecule has 1 aromatic heterocycles. The molecule has 1 aliphatic rings. The maximum absolute atomic E-state index is 10.7. The number of hydrogen-bond acceptors (Lipinski definition) is 3. The molecule has 1 heterocycles. The molecule has 4 nitrogen and oxygen atoms in total. The molecular formula is C15H16N2O2S. The summed E-state index contributed by atoms with van der Waals surface area (Å²) in [6.07, 6.45) is 4.37. The third kappa shape index (κ3) is 3.04. The number of nitrogens with zero attached hydrogens (tertiary/aromatic N) is 2. The third-order valence-electron chi connectivity index (χ3n) is 3.35. The molecule has 1 saturated carbocycles. The van der Waals surface area contributed by atoms with Crippen LogP contribution in [0.1, 0.15) is 12.8 Å². The number of carboxylic acids is 1. The van der Waals surface area contributed by atoms with E-state index >= 15 is 0 Å². The summed E-state index contributed by atoms with van der Waals surface area (Å²) < 4.78 is 2.17. The van der Waals surface area contributed by atoms with E-state index in [4.69, 9.17) is 5.11 Å². The lowest BCUT2D eigenvalue weighted by molar-refractivity contribution is -0.133. The highest BCUT2D eigenvalue weighted by Crippen LogP contribution is 2.35. The Morgan fingerprint density at radius 3 is 2.75 bits per heavy atom. The van der Waals surface area contributed by atoms with E-state index in [2.05, 4.69) is 21.7 Å². The van der Waals surface area contributed by atoms with Gasteiger partial charge in [0.15, 0.2) is 5.16 Å². The van der Waals surface area contributed by atoms with Gasteiger partial charge in [0, 0.05) is 6.54 Å². The Morgan fingerprint density at radius 2 is 2.10 bits per heavy atom. The summed E-state index contributed by atoms with van der Waals surface area (Å²) in [7, 11) is 0. The van der Waals surface area contributed by atoms with E-state index in [0.29, 0.717) is 0 Å². The second-order valence-electron chi connectivity index (χ2n) is 5.03. The van der Waals surface area contributed by atoms with Gasteiger partial charge in [-0.3, -0.25) is 4.79 Å². The molecule has 0 atom stereocenters. The zero-order valence-corrected chi connectivity index (χ0v) is 11.8.